The fraction of sp³-hybridized carbons (Fsp3) is 0.375. The van der Waals surface area contributed by atoms with Crippen molar-refractivity contribution in [1.29, 1.82) is 0 Å². The Labute approximate surface area is 97.1 Å². The first-order valence-corrected chi connectivity index (χ1v) is 5.23. The molecule has 0 aliphatic carbocycles. The van der Waals surface area contributed by atoms with Crippen molar-refractivity contribution in [3.05, 3.63) is 28.0 Å². The molecule has 2 N–H and O–H groups in total. The zero-order valence-electron chi connectivity index (χ0n) is 7.06. The minimum Gasteiger partial charge on any atom is -0.389 e. The summed E-state index contributed by atoms with van der Waals surface area (Å²) in [6.07, 6.45) is -0.741. The molecule has 78 valence electrons. The van der Waals surface area contributed by atoms with Crippen molar-refractivity contribution in [1.82, 2.24) is 4.98 Å². The van der Waals surface area contributed by atoms with E-state index in [-0.39, 0.29) is 10.9 Å². The van der Waals surface area contributed by atoms with Gasteiger partial charge in [0.1, 0.15) is 11.3 Å². The maximum atomic E-state index is 9.61. The lowest BCUT2D eigenvalue weighted by molar-refractivity contribution is 0.0336. The first kappa shape index (κ1) is 12.1. The van der Waals surface area contributed by atoms with Crippen molar-refractivity contribution in [3.8, 4) is 0 Å². The Balaban J connectivity index is 2.99. The van der Waals surface area contributed by atoms with E-state index in [9.17, 15) is 10.2 Å². The Morgan fingerprint density at radius 3 is 2.64 bits per heavy atom. The van der Waals surface area contributed by atoms with Gasteiger partial charge in [-0.05, 0) is 6.07 Å². The summed E-state index contributed by atoms with van der Waals surface area (Å²) >= 11 is 15.3. The summed E-state index contributed by atoms with van der Waals surface area (Å²) in [5.41, 5.74) is 0.306. The molecule has 0 radical (unpaired) electrons. The molecular formula is C8H9Cl2NO2S. The van der Waals surface area contributed by atoms with Crippen LogP contribution in [0, 0.1) is 0 Å². The van der Waals surface area contributed by atoms with Gasteiger partial charge in [-0.3, -0.25) is 0 Å². The summed E-state index contributed by atoms with van der Waals surface area (Å²) in [6.45, 7) is 0. The molecule has 3 nitrogen and oxygen atoms in total. The van der Waals surface area contributed by atoms with Gasteiger partial charge in [-0.1, -0.05) is 23.2 Å². The fourth-order valence-electron chi connectivity index (χ4n) is 0.953. The number of aromatic nitrogens is 1. The lowest BCUT2D eigenvalue weighted by atomic mass is 10.1. The van der Waals surface area contributed by atoms with Gasteiger partial charge in [-0.15, -0.1) is 0 Å². The van der Waals surface area contributed by atoms with Gasteiger partial charge in [0.2, 0.25) is 0 Å². The highest BCUT2D eigenvalue weighted by molar-refractivity contribution is 7.80. The van der Waals surface area contributed by atoms with Crippen molar-refractivity contribution >= 4 is 35.8 Å². The maximum Gasteiger partial charge on any atom is 0.135 e. The number of aliphatic hydroxyl groups excluding tert-OH is 2. The van der Waals surface area contributed by atoms with Crippen molar-refractivity contribution in [2.75, 3.05) is 5.75 Å². The Morgan fingerprint density at radius 2 is 2.07 bits per heavy atom. The molecule has 14 heavy (non-hydrogen) atoms. The third-order valence-corrected chi connectivity index (χ3v) is 2.60. The highest BCUT2D eigenvalue weighted by atomic mass is 35.5. The lowest BCUT2D eigenvalue weighted by Gasteiger charge is -2.16. The molecule has 1 rings (SSSR count). The van der Waals surface area contributed by atoms with Crippen LogP contribution in [-0.2, 0) is 0 Å². The van der Waals surface area contributed by atoms with Crippen molar-refractivity contribution in [2.24, 2.45) is 0 Å². The van der Waals surface area contributed by atoms with Crippen LogP contribution in [-0.4, -0.2) is 27.1 Å². The minimum absolute atomic E-state index is 0.128. The molecule has 0 aliphatic rings. The third-order valence-electron chi connectivity index (χ3n) is 1.70. The highest BCUT2D eigenvalue weighted by Crippen LogP contribution is 2.26. The molecule has 0 bridgehead atoms. The van der Waals surface area contributed by atoms with E-state index in [4.69, 9.17) is 23.2 Å². The van der Waals surface area contributed by atoms with Crippen LogP contribution in [0.5, 0.6) is 0 Å². The number of nitrogens with zero attached hydrogens (tertiary/aromatic N) is 1. The van der Waals surface area contributed by atoms with E-state index in [2.05, 4.69) is 17.6 Å². The average Bonchev–Trinajstić information content (AvgIpc) is 2.19. The van der Waals surface area contributed by atoms with Gasteiger partial charge in [0.25, 0.3) is 0 Å². The Kier molecular flexibility index (Phi) is 4.47. The van der Waals surface area contributed by atoms with Crippen molar-refractivity contribution < 1.29 is 10.2 Å². The van der Waals surface area contributed by atoms with Crippen LogP contribution in [0.15, 0.2) is 12.3 Å². The first-order valence-electron chi connectivity index (χ1n) is 3.84. The van der Waals surface area contributed by atoms with Gasteiger partial charge in [0.05, 0.1) is 11.1 Å². The molecule has 0 amide bonds. The number of thiol groups is 1. The van der Waals surface area contributed by atoms with Crippen LogP contribution in [0.4, 0.5) is 0 Å². The van der Waals surface area contributed by atoms with Crippen LogP contribution in [0.1, 0.15) is 11.7 Å². The maximum absolute atomic E-state index is 9.61. The molecule has 0 saturated carbocycles. The smallest absolute Gasteiger partial charge is 0.135 e. The molecule has 0 saturated heterocycles. The molecule has 1 aromatic heterocycles. The Bertz CT molecular complexity index is 324. The number of halogens is 2. The van der Waals surface area contributed by atoms with E-state index in [0.29, 0.717) is 10.6 Å². The zero-order valence-corrected chi connectivity index (χ0v) is 9.47. The molecule has 2 unspecified atom stereocenters. The van der Waals surface area contributed by atoms with Crippen LogP contribution in [0.2, 0.25) is 10.2 Å². The normalized spacial score (nSPS) is 15.2. The number of pyridine rings is 1. The highest BCUT2D eigenvalue weighted by Gasteiger charge is 2.20. The van der Waals surface area contributed by atoms with Crippen LogP contribution in [0.3, 0.4) is 0 Å². The van der Waals surface area contributed by atoms with Gasteiger partial charge in [-0.25, -0.2) is 4.98 Å². The minimum atomic E-state index is -1.12. The summed E-state index contributed by atoms with van der Waals surface area (Å²) in [4.78, 5) is 3.75. The van der Waals surface area contributed by atoms with Gasteiger partial charge >= 0.3 is 0 Å². The molecule has 2 atom stereocenters. The van der Waals surface area contributed by atoms with Crippen LogP contribution < -0.4 is 0 Å². The topological polar surface area (TPSA) is 53.4 Å². The predicted molar refractivity (Wildman–Crippen MR) is 59.1 cm³/mol. The number of hydrogen-bond donors (Lipinski definition) is 3. The van der Waals surface area contributed by atoms with E-state index >= 15 is 0 Å². The average molecular weight is 254 g/mol. The summed E-state index contributed by atoms with van der Waals surface area (Å²) < 4.78 is 0. The summed E-state index contributed by atoms with van der Waals surface area (Å²) in [5.74, 6) is 0.129. The quantitative estimate of drug-likeness (QED) is 0.568. The first-order chi connectivity index (χ1) is 6.56. The summed E-state index contributed by atoms with van der Waals surface area (Å²) in [7, 11) is 0. The molecule has 1 aromatic rings. The Hall–Kier alpha value is -0.0000000000000000555. The standard InChI is InChI=1S/C8H9Cl2NO2S/c9-4-1-5(8(10)11-2-4)7(13)6(12)3-14/h1-2,6-7,12-14H,3H2. The zero-order chi connectivity index (χ0) is 10.7. The van der Waals surface area contributed by atoms with Crippen molar-refractivity contribution in [2.45, 2.75) is 12.2 Å². The molecule has 0 fully saturated rings. The van der Waals surface area contributed by atoms with Gasteiger partial charge in [0, 0.05) is 17.5 Å². The molecule has 1 heterocycles. The SMILES string of the molecule is OC(CS)C(O)c1cc(Cl)cnc1Cl. The summed E-state index contributed by atoms with van der Waals surface area (Å²) in [5, 5.41) is 19.4. The molecule has 0 spiro atoms. The van der Waals surface area contributed by atoms with E-state index in [0.717, 1.165) is 0 Å². The second-order valence-corrected chi connectivity index (χ2v) is 3.89. The largest absolute Gasteiger partial charge is 0.389 e. The molecule has 0 aliphatic heterocycles. The van der Waals surface area contributed by atoms with E-state index < -0.39 is 12.2 Å². The van der Waals surface area contributed by atoms with E-state index in [1.807, 2.05) is 0 Å². The van der Waals surface area contributed by atoms with Crippen LogP contribution in [0.25, 0.3) is 0 Å². The Morgan fingerprint density at radius 1 is 1.43 bits per heavy atom. The van der Waals surface area contributed by atoms with Gasteiger partial charge < -0.3 is 10.2 Å². The third kappa shape index (κ3) is 2.74. The van der Waals surface area contributed by atoms with E-state index in [1.165, 1.54) is 12.3 Å². The fourth-order valence-corrected chi connectivity index (χ4v) is 1.53. The van der Waals surface area contributed by atoms with Gasteiger partial charge in [-0.2, -0.15) is 12.6 Å². The monoisotopic (exact) mass is 253 g/mol. The number of rotatable bonds is 3. The molecule has 6 heteroatoms. The second-order valence-electron chi connectivity index (χ2n) is 2.73. The predicted octanol–water partition coefficient (Wildman–Crippen LogP) is 1.71. The molecule has 0 aromatic carbocycles. The lowest BCUT2D eigenvalue weighted by Crippen LogP contribution is -2.20. The number of aliphatic hydroxyl groups is 2. The van der Waals surface area contributed by atoms with E-state index in [1.54, 1.807) is 0 Å². The van der Waals surface area contributed by atoms with Crippen LogP contribution >= 0.6 is 35.8 Å². The van der Waals surface area contributed by atoms with Gasteiger partial charge in [0.15, 0.2) is 0 Å². The molecular weight excluding hydrogens is 245 g/mol. The number of hydrogen-bond acceptors (Lipinski definition) is 4. The second kappa shape index (κ2) is 5.19. The van der Waals surface area contributed by atoms with Crippen molar-refractivity contribution in [3.63, 3.8) is 0 Å². The summed E-state index contributed by atoms with van der Waals surface area (Å²) in [6, 6.07) is 1.47.